The molecule has 0 saturated carbocycles. The molecule has 0 N–H and O–H groups in total. The molecule has 0 unspecified atom stereocenters. The fourth-order valence-corrected chi connectivity index (χ4v) is 7.29. The molecule has 0 aliphatic carbocycles. The predicted molar refractivity (Wildman–Crippen MR) is 199 cm³/mol. The van der Waals surface area contributed by atoms with Gasteiger partial charge in [0.1, 0.15) is 0 Å². The molecule has 5 heteroatoms. The van der Waals surface area contributed by atoms with Crippen molar-refractivity contribution < 1.29 is 9.59 Å². The van der Waals surface area contributed by atoms with E-state index in [0.29, 0.717) is 28.1 Å². The molecule has 1 aliphatic rings. The summed E-state index contributed by atoms with van der Waals surface area (Å²) in [4.78, 5) is 30.9. The summed E-state index contributed by atoms with van der Waals surface area (Å²) in [6, 6.07) is 55.4. The Bertz CT molecular complexity index is 2630. The summed E-state index contributed by atoms with van der Waals surface area (Å²) >= 11 is 0. The van der Waals surface area contributed by atoms with Crippen molar-refractivity contribution in [3.05, 3.63) is 180 Å². The number of imide groups is 1. The van der Waals surface area contributed by atoms with E-state index in [-0.39, 0.29) is 11.8 Å². The first-order valence-electron chi connectivity index (χ1n) is 16.4. The Morgan fingerprint density at radius 3 is 1.72 bits per heavy atom. The van der Waals surface area contributed by atoms with Crippen LogP contribution in [0.1, 0.15) is 26.3 Å². The van der Waals surface area contributed by atoms with E-state index in [2.05, 4.69) is 34.9 Å². The molecule has 1 aliphatic heterocycles. The molecule has 5 nitrogen and oxygen atoms in total. The highest BCUT2D eigenvalue weighted by Crippen LogP contribution is 2.45. The maximum atomic E-state index is 15.0. The third kappa shape index (κ3) is 4.47. The second-order valence-electron chi connectivity index (χ2n) is 12.4. The Labute approximate surface area is 288 Å². The van der Waals surface area contributed by atoms with E-state index in [0.717, 1.165) is 55.2 Å². The van der Waals surface area contributed by atoms with Crippen molar-refractivity contribution in [3.63, 3.8) is 0 Å². The number of nitrogens with zero attached hydrogens (tertiary/aromatic N) is 3. The number of carbonyl (C=O) groups excluding carboxylic acids is 2. The van der Waals surface area contributed by atoms with Gasteiger partial charge in [-0.3, -0.25) is 9.59 Å². The summed E-state index contributed by atoms with van der Waals surface area (Å²) in [6.07, 6.45) is 0. The highest BCUT2D eigenvalue weighted by Gasteiger charge is 2.41. The minimum absolute atomic E-state index is 0.355. The third-order valence-corrected chi connectivity index (χ3v) is 9.58. The van der Waals surface area contributed by atoms with Gasteiger partial charge in [0.05, 0.1) is 45.2 Å². The Morgan fingerprint density at radius 2 is 1.04 bits per heavy atom. The average Bonchev–Trinajstić information content (AvgIpc) is 3.65. The Balaban J connectivity index is 1.27. The van der Waals surface area contributed by atoms with Gasteiger partial charge in [-0.05, 0) is 58.7 Å². The molecule has 234 valence electrons. The molecule has 0 bridgehead atoms. The minimum atomic E-state index is -0.365. The lowest BCUT2D eigenvalue weighted by Crippen LogP contribution is -2.30. The summed E-state index contributed by atoms with van der Waals surface area (Å²) in [6.45, 7) is 0. The molecule has 1 aromatic heterocycles. The lowest BCUT2D eigenvalue weighted by Gasteiger charge is -2.23. The van der Waals surface area contributed by atoms with Crippen LogP contribution >= 0.6 is 0 Å². The summed E-state index contributed by atoms with van der Waals surface area (Å²) in [5.74, 6) is -0.721. The van der Waals surface area contributed by atoms with Crippen molar-refractivity contribution in [2.45, 2.75) is 0 Å². The van der Waals surface area contributed by atoms with Gasteiger partial charge in [0.25, 0.3) is 11.8 Å². The fraction of sp³-hybridized carbons (Fsp3) is 0. The standard InChI is InChI=1S/C45H27N3O2/c46-28-29-21-23-30(24-22-29)33-25-26-37-36-15-7-8-19-39(36)47(41(37)27-33)40-20-10-18-38-42(40)45(50)48(44(38)49)43-34(31-11-3-1-4-12-31)16-9-17-35(43)32-13-5-2-6-14-32/h1-27H. The molecule has 0 radical (unpaired) electrons. The third-order valence-electron chi connectivity index (χ3n) is 9.58. The second kappa shape index (κ2) is 11.6. The van der Waals surface area contributed by atoms with Gasteiger partial charge in [-0.1, -0.05) is 127 Å². The monoisotopic (exact) mass is 641 g/mol. The second-order valence-corrected chi connectivity index (χ2v) is 12.4. The summed E-state index contributed by atoms with van der Waals surface area (Å²) < 4.78 is 2.10. The molecule has 2 heterocycles. The molecule has 0 atom stereocenters. The number of fused-ring (bicyclic) bond motifs is 4. The first-order valence-corrected chi connectivity index (χ1v) is 16.4. The van der Waals surface area contributed by atoms with Crippen LogP contribution in [0.4, 0.5) is 5.69 Å². The van der Waals surface area contributed by atoms with Crippen molar-refractivity contribution >= 4 is 39.3 Å². The first-order chi connectivity index (χ1) is 24.6. The van der Waals surface area contributed by atoms with Gasteiger partial charge in [-0.25, -0.2) is 4.90 Å². The molecular weight excluding hydrogens is 615 g/mol. The molecule has 0 fully saturated rings. The number of rotatable bonds is 5. The molecule has 2 amide bonds. The van der Waals surface area contributed by atoms with E-state index >= 15 is 0 Å². The smallest absolute Gasteiger partial charge is 0.268 e. The van der Waals surface area contributed by atoms with Crippen molar-refractivity contribution in [3.8, 4) is 45.1 Å². The Kier molecular flexibility index (Phi) is 6.75. The number of hydrogen-bond donors (Lipinski definition) is 0. The quantitative estimate of drug-likeness (QED) is 0.176. The van der Waals surface area contributed by atoms with Crippen LogP contribution in [0.2, 0.25) is 0 Å². The fourth-order valence-electron chi connectivity index (χ4n) is 7.29. The van der Waals surface area contributed by atoms with Crippen molar-refractivity contribution in [1.82, 2.24) is 4.57 Å². The van der Waals surface area contributed by atoms with E-state index in [4.69, 9.17) is 0 Å². The van der Waals surface area contributed by atoms with E-state index in [1.165, 1.54) is 4.90 Å². The highest BCUT2D eigenvalue weighted by molar-refractivity contribution is 6.37. The van der Waals surface area contributed by atoms with E-state index in [9.17, 15) is 14.9 Å². The van der Waals surface area contributed by atoms with Crippen LogP contribution in [0, 0.1) is 11.3 Å². The van der Waals surface area contributed by atoms with E-state index in [1.807, 2.05) is 133 Å². The normalized spacial score (nSPS) is 12.4. The lowest BCUT2D eigenvalue weighted by molar-refractivity contribution is 0.0926. The summed E-state index contributed by atoms with van der Waals surface area (Å²) in [5, 5.41) is 11.4. The van der Waals surface area contributed by atoms with Gasteiger partial charge < -0.3 is 4.57 Å². The number of hydrogen-bond acceptors (Lipinski definition) is 3. The van der Waals surface area contributed by atoms with Crippen LogP contribution in [0.15, 0.2) is 164 Å². The topological polar surface area (TPSA) is 66.1 Å². The molecular formula is C45H27N3O2. The van der Waals surface area contributed by atoms with Gasteiger partial charge >= 0.3 is 0 Å². The zero-order valence-electron chi connectivity index (χ0n) is 26.7. The molecule has 0 saturated heterocycles. The number of amides is 2. The number of aromatic nitrogens is 1. The Morgan fingerprint density at radius 1 is 0.460 bits per heavy atom. The van der Waals surface area contributed by atoms with E-state index < -0.39 is 0 Å². The van der Waals surface area contributed by atoms with Crippen LogP contribution in [0.25, 0.3) is 60.9 Å². The molecule has 50 heavy (non-hydrogen) atoms. The number of anilines is 1. The van der Waals surface area contributed by atoms with Crippen molar-refractivity contribution in [2.75, 3.05) is 4.90 Å². The predicted octanol–water partition coefficient (Wildman–Crippen LogP) is 10.5. The molecule has 0 spiro atoms. The SMILES string of the molecule is N#Cc1ccc(-c2ccc3c4ccccc4n(-c4cccc5c4C(=O)N(c4c(-c6ccccc6)cccc4-c4ccccc4)C5=O)c3c2)cc1. The first kappa shape index (κ1) is 29.1. The van der Waals surface area contributed by atoms with Gasteiger partial charge in [-0.15, -0.1) is 0 Å². The number of nitriles is 1. The van der Waals surface area contributed by atoms with Crippen LogP contribution in [0.3, 0.4) is 0 Å². The van der Waals surface area contributed by atoms with Crippen LogP contribution < -0.4 is 4.90 Å². The highest BCUT2D eigenvalue weighted by atomic mass is 16.2. The number of benzene rings is 7. The lowest BCUT2D eigenvalue weighted by atomic mass is 9.95. The van der Waals surface area contributed by atoms with Crippen molar-refractivity contribution in [2.24, 2.45) is 0 Å². The summed E-state index contributed by atoms with van der Waals surface area (Å²) in [7, 11) is 0. The van der Waals surface area contributed by atoms with Gasteiger partial charge in [0, 0.05) is 21.9 Å². The van der Waals surface area contributed by atoms with Crippen LogP contribution in [0.5, 0.6) is 0 Å². The molecule has 8 aromatic rings. The minimum Gasteiger partial charge on any atom is -0.308 e. The van der Waals surface area contributed by atoms with Crippen LogP contribution in [-0.2, 0) is 0 Å². The maximum Gasteiger partial charge on any atom is 0.268 e. The van der Waals surface area contributed by atoms with Gasteiger partial charge in [0.15, 0.2) is 0 Å². The Hall–Kier alpha value is -7.03. The molecule has 9 rings (SSSR count). The molecule has 7 aromatic carbocycles. The van der Waals surface area contributed by atoms with Crippen molar-refractivity contribution in [1.29, 1.82) is 5.26 Å². The van der Waals surface area contributed by atoms with E-state index in [1.54, 1.807) is 6.07 Å². The van der Waals surface area contributed by atoms with Gasteiger partial charge in [-0.2, -0.15) is 5.26 Å². The summed E-state index contributed by atoms with van der Waals surface area (Å²) in [5.41, 5.74) is 9.75. The maximum absolute atomic E-state index is 15.0. The number of para-hydroxylation sites is 2. The zero-order valence-corrected chi connectivity index (χ0v) is 26.7. The largest absolute Gasteiger partial charge is 0.308 e. The average molecular weight is 642 g/mol. The zero-order chi connectivity index (χ0) is 33.8. The van der Waals surface area contributed by atoms with Crippen LogP contribution in [-0.4, -0.2) is 16.4 Å². The number of carbonyl (C=O) groups is 2. The van der Waals surface area contributed by atoms with Gasteiger partial charge in [0.2, 0.25) is 0 Å².